The van der Waals surface area contributed by atoms with Crippen LogP contribution in [0.3, 0.4) is 0 Å². The van der Waals surface area contributed by atoms with Gasteiger partial charge in [0.15, 0.2) is 0 Å². The minimum Gasteiger partial charge on any atom is -0.463 e. The van der Waals surface area contributed by atoms with E-state index >= 15 is 0 Å². The van der Waals surface area contributed by atoms with Crippen molar-refractivity contribution in [2.45, 2.75) is 90.1 Å². The van der Waals surface area contributed by atoms with Gasteiger partial charge in [0.05, 0.1) is 12.7 Å². The first-order chi connectivity index (χ1) is 10.2. The Kier molecular flexibility index (Phi) is 14.9. The van der Waals surface area contributed by atoms with E-state index in [2.05, 4.69) is 6.58 Å². The van der Waals surface area contributed by atoms with Crippen LogP contribution in [-0.4, -0.2) is 23.8 Å². The molecule has 1 atom stereocenters. The third-order valence-corrected chi connectivity index (χ3v) is 3.68. The minimum absolute atomic E-state index is 0.134. The summed E-state index contributed by atoms with van der Waals surface area (Å²) in [6.45, 7) is 5.75. The SMILES string of the molecule is C=CC(=O)OCCCCCCCCCCCCCC(C)O. The molecule has 0 fully saturated rings. The van der Waals surface area contributed by atoms with Crippen LogP contribution in [0.5, 0.6) is 0 Å². The maximum atomic E-state index is 10.8. The Morgan fingerprint density at radius 2 is 1.38 bits per heavy atom. The van der Waals surface area contributed by atoms with Crippen molar-refractivity contribution in [1.82, 2.24) is 0 Å². The Labute approximate surface area is 130 Å². The molecule has 21 heavy (non-hydrogen) atoms. The van der Waals surface area contributed by atoms with Crippen molar-refractivity contribution in [3.63, 3.8) is 0 Å². The van der Waals surface area contributed by atoms with Gasteiger partial charge in [-0.1, -0.05) is 70.8 Å². The van der Waals surface area contributed by atoms with Crippen LogP contribution in [0.1, 0.15) is 84.0 Å². The van der Waals surface area contributed by atoms with Crippen molar-refractivity contribution in [2.75, 3.05) is 6.61 Å². The Hall–Kier alpha value is -0.830. The Morgan fingerprint density at radius 1 is 0.952 bits per heavy atom. The molecule has 0 amide bonds. The number of carbonyl (C=O) groups is 1. The Bertz CT molecular complexity index is 249. The summed E-state index contributed by atoms with van der Waals surface area (Å²) in [4.78, 5) is 10.8. The molecule has 0 heterocycles. The maximum Gasteiger partial charge on any atom is 0.330 e. The summed E-state index contributed by atoms with van der Waals surface area (Å²) in [6, 6.07) is 0. The van der Waals surface area contributed by atoms with Gasteiger partial charge >= 0.3 is 5.97 Å². The minimum atomic E-state index is -0.316. The molecule has 0 aromatic carbocycles. The molecule has 0 saturated carbocycles. The lowest BCUT2D eigenvalue weighted by Crippen LogP contribution is -2.01. The zero-order valence-electron chi connectivity index (χ0n) is 13.8. The molecule has 0 aliphatic rings. The van der Waals surface area contributed by atoms with Crippen molar-refractivity contribution in [1.29, 1.82) is 0 Å². The molecule has 0 aliphatic heterocycles. The third-order valence-electron chi connectivity index (χ3n) is 3.68. The predicted molar refractivity (Wildman–Crippen MR) is 88.2 cm³/mol. The molecule has 0 aromatic rings. The summed E-state index contributed by atoms with van der Waals surface area (Å²) < 4.78 is 4.93. The fraction of sp³-hybridized carbons (Fsp3) is 0.833. The van der Waals surface area contributed by atoms with Gasteiger partial charge in [-0.25, -0.2) is 4.79 Å². The van der Waals surface area contributed by atoms with E-state index in [1.54, 1.807) is 0 Å². The zero-order chi connectivity index (χ0) is 15.8. The van der Waals surface area contributed by atoms with Crippen LogP contribution in [-0.2, 0) is 9.53 Å². The van der Waals surface area contributed by atoms with E-state index < -0.39 is 0 Å². The molecular formula is C18H34O3. The molecule has 0 spiro atoms. The van der Waals surface area contributed by atoms with Crippen molar-refractivity contribution < 1.29 is 14.6 Å². The maximum absolute atomic E-state index is 10.8. The van der Waals surface area contributed by atoms with E-state index in [4.69, 9.17) is 9.84 Å². The van der Waals surface area contributed by atoms with Crippen LogP contribution in [0.2, 0.25) is 0 Å². The highest BCUT2D eigenvalue weighted by molar-refractivity contribution is 5.81. The van der Waals surface area contributed by atoms with Crippen molar-refractivity contribution in [3.8, 4) is 0 Å². The van der Waals surface area contributed by atoms with Gasteiger partial charge in [0, 0.05) is 6.08 Å². The molecule has 1 unspecified atom stereocenters. The van der Waals surface area contributed by atoms with Gasteiger partial charge in [0.2, 0.25) is 0 Å². The van der Waals surface area contributed by atoms with Gasteiger partial charge in [-0.15, -0.1) is 0 Å². The molecule has 3 nitrogen and oxygen atoms in total. The molecule has 1 N–H and O–H groups in total. The molecule has 0 rings (SSSR count). The third kappa shape index (κ3) is 17.1. The lowest BCUT2D eigenvalue weighted by molar-refractivity contribution is -0.137. The fourth-order valence-electron chi connectivity index (χ4n) is 2.36. The predicted octanol–water partition coefficient (Wildman–Crippen LogP) is 4.78. The second-order valence-corrected chi connectivity index (χ2v) is 5.90. The standard InChI is InChI=1S/C18H34O3/c1-3-18(20)21-16-14-12-10-8-6-4-5-7-9-11-13-15-17(2)19/h3,17,19H,1,4-16H2,2H3. The van der Waals surface area contributed by atoms with E-state index in [9.17, 15) is 4.79 Å². The van der Waals surface area contributed by atoms with Gasteiger partial charge in [0.25, 0.3) is 0 Å². The highest BCUT2D eigenvalue weighted by Gasteiger charge is 1.97. The normalized spacial score (nSPS) is 12.1. The summed E-state index contributed by atoms with van der Waals surface area (Å²) in [5.74, 6) is -0.316. The van der Waals surface area contributed by atoms with E-state index in [0.29, 0.717) is 6.61 Å². The van der Waals surface area contributed by atoms with E-state index in [0.717, 1.165) is 25.7 Å². The average molecular weight is 298 g/mol. The van der Waals surface area contributed by atoms with Gasteiger partial charge in [-0.05, 0) is 19.8 Å². The number of carbonyl (C=O) groups excluding carboxylic acids is 1. The fourth-order valence-corrected chi connectivity index (χ4v) is 2.36. The summed E-state index contributed by atoms with van der Waals surface area (Å²) in [7, 11) is 0. The highest BCUT2D eigenvalue weighted by atomic mass is 16.5. The Balaban J connectivity index is 3.02. The van der Waals surface area contributed by atoms with Crippen LogP contribution in [0.25, 0.3) is 0 Å². The smallest absolute Gasteiger partial charge is 0.330 e. The first kappa shape index (κ1) is 20.2. The molecule has 0 saturated heterocycles. The lowest BCUT2D eigenvalue weighted by Gasteiger charge is -2.04. The number of rotatable bonds is 15. The van der Waals surface area contributed by atoms with Crippen LogP contribution >= 0.6 is 0 Å². The first-order valence-electron chi connectivity index (χ1n) is 8.64. The van der Waals surface area contributed by atoms with E-state index in [-0.39, 0.29) is 12.1 Å². The number of unbranched alkanes of at least 4 members (excludes halogenated alkanes) is 10. The second-order valence-electron chi connectivity index (χ2n) is 5.90. The van der Waals surface area contributed by atoms with Crippen molar-refractivity contribution in [2.24, 2.45) is 0 Å². The number of hydrogen-bond donors (Lipinski definition) is 1. The van der Waals surface area contributed by atoms with E-state index in [1.807, 2.05) is 6.92 Å². The number of aliphatic hydroxyl groups is 1. The largest absolute Gasteiger partial charge is 0.463 e. The highest BCUT2D eigenvalue weighted by Crippen LogP contribution is 2.12. The monoisotopic (exact) mass is 298 g/mol. The number of hydrogen-bond acceptors (Lipinski definition) is 3. The quantitative estimate of drug-likeness (QED) is 0.269. The number of ether oxygens (including phenoxy) is 1. The summed E-state index contributed by atoms with van der Waals surface area (Å²) >= 11 is 0. The van der Waals surface area contributed by atoms with Gasteiger partial charge < -0.3 is 9.84 Å². The molecule has 0 radical (unpaired) electrons. The van der Waals surface area contributed by atoms with Crippen LogP contribution < -0.4 is 0 Å². The molecule has 0 aliphatic carbocycles. The van der Waals surface area contributed by atoms with Crippen molar-refractivity contribution >= 4 is 5.97 Å². The molecule has 0 aromatic heterocycles. The first-order valence-corrected chi connectivity index (χ1v) is 8.64. The molecule has 124 valence electrons. The topological polar surface area (TPSA) is 46.5 Å². The second kappa shape index (κ2) is 15.6. The Morgan fingerprint density at radius 3 is 1.81 bits per heavy atom. The summed E-state index contributed by atoms with van der Waals surface area (Å²) in [5, 5.41) is 9.14. The van der Waals surface area contributed by atoms with Gasteiger partial charge in [-0.2, -0.15) is 0 Å². The molecule has 0 bridgehead atoms. The van der Waals surface area contributed by atoms with Crippen LogP contribution in [0, 0.1) is 0 Å². The summed E-state index contributed by atoms with van der Waals surface area (Å²) in [5.41, 5.74) is 0. The average Bonchev–Trinajstić information content (AvgIpc) is 2.46. The number of aliphatic hydroxyl groups excluding tert-OH is 1. The van der Waals surface area contributed by atoms with Gasteiger partial charge in [0.1, 0.15) is 0 Å². The lowest BCUT2D eigenvalue weighted by atomic mass is 10.0. The number of esters is 1. The zero-order valence-corrected chi connectivity index (χ0v) is 13.8. The summed E-state index contributed by atoms with van der Waals surface area (Å²) in [6.07, 6.45) is 15.7. The van der Waals surface area contributed by atoms with Crippen LogP contribution in [0.15, 0.2) is 12.7 Å². The molecular weight excluding hydrogens is 264 g/mol. The van der Waals surface area contributed by atoms with Crippen molar-refractivity contribution in [3.05, 3.63) is 12.7 Å². The van der Waals surface area contributed by atoms with Crippen LogP contribution in [0.4, 0.5) is 0 Å². The van der Waals surface area contributed by atoms with Gasteiger partial charge in [-0.3, -0.25) is 0 Å². The molecule has 3 heteroatoms. The van der Waals surface area contributed by atoms with E-state index in [1.165, 1.54) is 57.4 Å².